The lowest BCUT2D eigenvalue weighted by Crippen LogP contribution is -2.08. The molecule has 16 heavy (non-hydrogen) atoms. The lowest BCUT2D eigenvalue weighted by molar-refractivity contribution is -0.387. The summed E-state index contributed by atoms with van der Waals surface area (Å²) < 4.78 is 0. The average molecular weight is 260 g/mol. The molecule has 0 aliphatic heterocycles. The summed E-state index contributed by atoms with van der Waals surface area (Å²) in [5.41, 5.74) is -0.0643. The molecule has 0 spiro atoms. The Labute approximate surface area is 102 Å². The lowest BCUT2D eigenvalue weighted by Gasteiger charge is -2.07. The highest BCUT2D eigenvalue weighted by atomic mass is 35.5. The molecule has 0 saturated heterocycles. The molecule has 6 heteroatoms. The number of Topliss-reactive ketones (excluding diaryl/α,β-unsaturated/α-hetero) is 1. The van der Waals surface area contributed by atoms with Gasteiger partial charge in [0.1, 0.15) is 5.78 Å². The molecule has 0 aliphatic carbocycles. The van der Waals surface area contributed by atoms with Crippen LogP contribution in [0.25, 0.3) is 0 Å². The summed E-state index contributed by atoms with van der Waals surface area (Å²) in [6.07, 6.45) is 0. The number of benzene rings is 1. The third-order valence-corrected chi connectivity index (χ3v) is 3.51. The Morgan fingerprint density at radius 3 is 2.69 bits per heavy atom. The summed E-state index contributed by atoms with van der Waals surface area (Å²) in [7, 11) is 0. The van der Waals surface area contributed by atoms with Crippen LogP contribution >= 0.6 is 23.4 Å². The van der Waals surface area contributed by atoms with Gasteiger partial charge in [-0.05, 0) is 26.0 Å². The van der Waals surface area contributed by atoms with Crippen molar-refractivity contribution in [3.05, 3.63) is 33.3 Å². The van der Waals surface area contributed by atoms with E-state index in [0.717, 1.165) is 0 Å². The van der Waals surface area contributed by atoms with Gasteiger partial charge in [-0.3, -0.25) is 14.9 Å². The monoisotopic (exact) mass is 259 g/mol. The highest BCUT2D eigenvalue weighted by molar-refractivity contribution is 8.00. The summed E-state index contributed by atoms with van der Waals surface area (Å²) in [6, 6.07) is 4.42. The number of thioether (sulfide) groups is 1. The number of nitro groups is 1. The van der Waals surface area contributed by atoms with Gasteiger partial charge in [-0.25, -0.2) is 0 Å². The molecule has 0 N–H and O–H groups in total. The summed E-state index contributed by atoms with van der Waals surface area (Å²) >= 11 is 6.84. The maximum atomic E-state index is 11.1. The van der Waals surface area contributed by atoms with E-state index in [4.69, 9.17) is 11.6 Å². The molecule has 1 aromatic carbocycles. The highest BCUT2D eigenvalue weighted by Gasteiger charge is 2.18. The molecule has 0 saturated carbocycles. The van der Waals surface area contributed by atoms with Gasteiger partial charge in [0, 0.05) is 11.1 Å². The summed E-state index contributed by atoms with van der Waals surface area (Å²) in [4.78, 5) is 21.8. The van der Waals surface area contributed by atoms with Crippen LogP contribution in [0.15, 0.2) is 23.1 Å². The van der Waals surface area contributed by atoms with Gasteiger partial charge in [0.25, 0.3) is 5.69 Å². The van der Waals surface area contributed by atoms with Crippen molar-refractivity contribution in [2.45, 2.75) is 24.0 Å². The largest absolute Gasteiger partial charge is 0.299 e. The van der Waals surface area contributed by atoms with E-state index < -0.39 is 4.92 Å². The number of halogens is 1. The van der Waals surface area contributed by atoms with Crippen LogP contribution in [0.2, 0.25) is 5.02 Å². The van der Waals surface area contributed by atoms with E-state index >= 15 is 0 Å². The van der Waals surface area contributed by atoms with E-state index in [0.29, 0.717) is 9.92 Å². The molecule has 1 atom stereocenters. The highest BCUT2D eigenvalue weighted by Crippen LogP contribution is 2.34. The Bertz CT molecular complexity index is 436. The van der Waals surface area contributed by atoms with Gasteiger partial charge < -0.3 is 0 Å². The molecule has 0 unspecified atom stereocenters. The molecule has 0 aromatic heterocycles. The number of ketones is 1. The second kappa shape index (κ2) is 5.32. The minimum Gasteiger partial charge on any atom is -0.299 e. The molecule has 1 aromatic rings. The van der Waals surface area contributed by atoms with E-state index in [9.17, 15) is 14.9 Å². The van der Waals surface area contributed by atoms with E-state index in [1.165, 1.54) is 24.8 Å². The lowest BCUT2D eigenvalue weighted by atomic mass is 10.3. The molecule has 0 aliphatic rings. The fraction of sp³-hybridized carbons (Fsp3) is 0.300. The maximum Gasteiger partial charge on any atom is 0.284 e. The van der Waals surface area contributed by atoms with Gasteiger partial charge >= 0.3 is 0 Å². The first kappa shape index (κ1) is 13.0. The molecule has 1 rings (SSSR count). The van der Waals surface area contributed by atoms with Crippen molar-refractivity contribution in [1.82, 2.24) is 0 Å². The molecule has 4 nitrogen and oxygen atoms in total. The van der Waals surface area contributed by atoms with Gasteiger partial charge in [-0.2, -0.15) is 0 Å². The molecule has 0 bridgehead atoms. The number of nitrogens with zero attached hydrogens (tertiary/aromatic N) is 1. The van der Waals surface area contributed by atoms with Crippen LogP contribution in [0, 0.1) is 10.1 Å². The minimum absolute atomic E-state index is 0.0192. The van der Waals surface area contributed by atoms with E-state index in [1.807, 2.05) is 0 Å². The molecule has 0 fully saturated rings. The zero-order valence-corrected chi connectivity index (χ0v) is 10.3. The molecule has 0 amide bonds. The first-order chi connectivity index (χ1) is 7.41. The van der Waals surface area contributed by atoms with Crippen molar-refractivity contribution >= 4 is 34.8 Å². The number of nitro benzene ring substituents is 1. The minimum atomic E-state index is -0.499. The van der Waals surface area contributed by atoms with Crippen molar-refractivity contribution in [2.24, 2.45) is 0 Å². The van der Waals surface area contributed by atoms with Crippen LogP contribution in [0.5, 0.6) is 0 Å². The van der Waals surface area contributed by atoms with Crippen molar-refractivity contribution in [3.8, 4) is 0 Å². The fourth-order valence-electron chi connectivity index (χ4n) is 1.01. The maximum absolute atomic E-state index is 11.1. The smallest absolute Gasteiger partial charge is 0.284 e. The van der Waals surface area contributed by atoms with E-state index in [2.05, 4.69) is 0 Å². The standard InChI is InChI=1S/C10H10ClNO3S/c1-6(13)7(2)16-10-4-3-8(11)5-9(10)12(14)15/h3-5,7H,1-2H3/t7-/m0/s1. The van der Waals surface area contributed by atoms with Crippen molar-refractivity contribution in [3.63, 3.8) is 0 Å². The average Bonchev–Trinajstić information content (AvgIpc) is 2.20. The normalized spacial score (nSPS) is 12.2. The Hall–Kier alpha value is -1.07. The van der Waals surface area contributed by atoms with E-state index in [-0.39, 0.29) is 16.7 Å². The summed E-state index contributed by atoms with van der Waals surface area (Å²) in [6.45, 7) is 3.17. The number of hydrogen-bond acceptors (Lipinski definition) is 4. The van der Waals surface area contributed by atoms with E-state index in [1.54, 1.807) is 19.1 Å². The van der Waals surface area contributed by atoms with Gasteiger partial charge in [0.05, 0.1) is 15.1 Å². The predicted octanol–water partition coefficient (Wildman–Crippen LogP) is 3.32. The fourth-order valence-corrected chi connectivity index (χ4v) is 2.12. The Kier molecular flexibility index (Phi) is 4.32. The second-order valence-corrected chi connectivity index (χ2v) is 5.06. The molecule has 86 valence electrons. The molecule has 0 heterocycles. The van der Waals surface area contributed by atoms with Crippen LogP contribution < -0.4 is 0 Å². The third kappa shape index (κ3) is 3.21. The van der Waals surface area contributed by atoms with Crippen LogP contribution in [0.1, 0.15) is 13.8 Å². The van der Waals surface area contributed by atoms with Crippen LogP contribution in [0.4, 0.5) is 5.69 Å². The summed E-state index contributed by atoms with van der Waals surface area (Å²) in [5.74, 6) is -0.0192. The van der Waals surface area contributed by atoms with Crippen LogP contribution in [0.3, 0.4) is 0 Å². The number of hydrogen-bond donors (Lipinski definition) is 0. The third-order valence-electron chi connectivity index (χ3n) is 1.99. The van der Waals surface area contributed by atoms with Crippen molar-refractivity contribution in [2.75, 3.05) is 0 Å². The first-order valence-electron chi connectivity index (χ1n) is 4.53. The summed E-state index contributed by atoms with van der Waals surface area (Å²) in [5, 5.41) is 10.8. The Balaban J connectivity index is 3.04. The Morgan fingerprint density at radius 2 is 2.19 bits per heavy atom. The molecular formula is C10H10ClNO3S. The van der Waals surface area contributed by atoms with Crippen molar-refractivity contribution in [1.29, 1.82) is 0 Å². The zero-order chi connectivity index (χ0) is 12.3. The topological polar surface area (TPSA) is 60.2 Å². The number of carbonyl (C=O) groups is 1. The van der Waals surface area contributed by atoms with Gasteiger partial charge in [-0.15, -0.1) is 11.8 Å². The SMILES string of the molecule is CC(=O)[C@H](C)Sc1ccc(Cl)cc1[N+](=O)[O-]. The Morgan fingerprint density at radius 1 is 1.56 bits per heavy atom. The predicted molar refractivity (Wildman–Crippen MR) is 64.1 cm³/mol. The van der Waals surface area contributed by atoms with Crippen LogP contribution in [-0.4, -0.2) is 16.0 Å². The second-order valence-electron chi connectivity index (χ2n) is 3.24. The van der Waals surface area contributed by atoms with Gasteiger partial charge in [0.2, 0.25) is 0 Å². The molecule has 0 radical (unpaired) electrons. The first-order valence-corrected chi connectivity index (χ1v) is 5.78. The molecular weight excluding hydrogens is 250 g/mol. The van der Waals surface area contributed by atoms with Gasteiger partial charge in [-0.1, -0.05) is 11.6 Å². The number of rotatable bonds is 4. The quantitative estimate of drug-likeness (QED) is 0.473. The van der Waals surface area contributed by atoms with Gasteiger partial charge in [0.15, 0.2) is 0 Å². The zero-order valence-electron chi connectivity index (χ0n) is 8.77. The number of carbonyl (C=O) groups excluding carboxylic acids is 1. The van der Waals surface area contributed by atoms with Crippen LogP contribution in [-0.2, 0) is 4.79 Å². The van der Waals surface area contributed by atoms with Crippen molar-refractivity contribution < 1.29 is 9.72 Å².